The Hall–Kier alpha value is -0.0400. The first-order valence-corrected chi connectivity index (χ1v) is 5.27. The maximum Gasteiger partial charge on any atom is 0.00940 e. The first kappa shape index (κ1) is 9.05. The first-order chi connectivity index (χ1) is 5.33. The summed E-state index contributed by atoms with van der Waals surface area (Å²) in [6.07, 6.45) is 11.5. The van der Waals surface area contributed by atoms with Crippen LogP contribution in [0.1, 0.15) is 25.7 Å². The molecule has 0 bridgehead atoms. The lowest BCUT2D eigenvalue weighted by atomic mass is 9.83. The van der Waals surface area contributed by atoms with Gasteiger partial charge in [0.05, 0.1) is 0 Å². The van der Waals surface area contributed by atoms with E-state index in [-0.39, 0.29) is 0 Å². The fourth-order valence-electron chi connectivity index (χ4n) is 1.54. The number of alkyl halides is 1. The van der Waals surface area contributed by atoms with Crippen LogP contribution in [0.2, 0.25) is 0 Å². The van der Waals surface area contributed by atoms with Crippen LogP contribution in [0.4, 0.5) is 0 Å². The molecule has 0 atom stereocenters. The third-order valence-electron chi connectivity index (χ3n) is 2.43. The van der Waals surface area contributed by atoms with Crippen LogP contribution in [0.25, 0.3) is 0 Å². The number of rotatable bonds is 4. The predicted octanol–water partition coefficient (Wildman–Crippen LogP) is 3.68. The molecule has 0 saturated heterocycles. The van der Waals surface area contributed by atoms with Gasteiger partial charge in [0.25, 0.3) is 0 Å². The molecule has 0 radical (unpaired) electrons. The molecule has 0 aromatic rings. The summed E-state index contributed by atoms with van der Waals surface area (Å²) >= 11 is 3.59. The van der Waals surface area contributed by atoms with Gasteiger partial charge in [-0.05, 0) is 31.1 Å². The molecule has 0 N–H and O–H groups in total. The van der Waals surface area contributed by atoms with Gasteiger partial charge < -0.3 is 0 Å². The molecule has 0 fully saturated rings. The first-order valence-electron chi connectivity index (χ1n) is 4.15. The van der Waals surface area contributed by atoms with Gasteiger partial charge in [0.15, 0.2) is 0 Å². The van der Waals surface area contributed by atoms with Crippen molar-refractivity contribution in [3.05, 3.63) is 24.8 Å². The molecule has 0 saturated carbocycles. The molecule has 1 heteroatoms. The fourth-order valence-corrected chi connectivity index (χ4v) is 2.28. The normalized spacial score (nSPS) is 20.5. The van der Waals surface area contributed by atoms with Crippen molar-refractivity contribution in [2.24, 2.45) is 5.41 Å². The van der Waals surface area contributed by atoms with E-state index in [0.29, 0.717) is 5.41 Å². The zero-order valence-electron chi connectivity index (χ0n) is 6.85. The van der Waals surface area contributed by atoms with Crippen molar-refractivity contribution >= 4 is 15.9 Å². The molecule has 11 heavy (non-hydrogen) atoms. The minimum absolute atomic E-state index is 0.522. The predicted molar refractivity (Wildman–Crippen MR) is 54.0 cm³/mol. The third-order valence-corrected chi connectivity index (χ3v) is 3.62. The third kappa shape index (κ3) is 2.19. The Labute approximate surface area is 77.5 Å². The summed E-state index contributed by atoms with van der Waals surface area (Å²) in [6.45, 7) is 3.75. The quantitative estimate of drug-likeness (QED) is 0.495. The minimum Gasteiger partial charge on any atom is -0.103 e. The standard InChI is InChI=1S/C10H15Br/c1-2-3-6-10(9-11)7-4-5-8-10/h2,4-5H,1,3,6-9H2. The largest absolute Gasteiger partial charge is 0.103 e. The van der Waals surface area contributed by atoms with Gasteiger partial charge in [-0.15, -0.1) is 6.58 Å². The summed E-state index contributed by atoms with van der Waals surface area (Å²) in [7, 11) is 0. The van der Waals surface area contributed by atoms with Gasteiger partial charge in [0.2, 0.25) is 0 Å². The lowest BCUT2D eigenvalue weighted by Gasteiger charge is -2.25. The zero-order valence-corrected chi connectivity index (χ0v) is 8.44. The molecule has 0 spiro atoms. The van der Waals surface area contributed by atoms with Crippen LogP contribution in [-0.4, -0.2) is 5.33 Å². The van der Waals surface area contributed by atoms with Crippen LogP contribution in [0.5, 0.6) is 0 Å². The van der Waals surface area contributed by atoms with Crippen molar-refractivity contribution < 1.29 is 0 Å². The van der Waals surface area contributed by atoms with E-state index < -0.39 is 0 Å². The number of allylic oxidation sites excluding steroid dienone is 3. The number of halogens is 1. The van der Waals surface area contributed by atoms with Crippen LogP contribution < -0.4 is 0 Å². The summed E-state index contributed by atoms with van der Waals surface area (Å²) in [4.78, 5) is 0. The topological polar surface area (TPSA) is 0 Å². The van der Waals surface area contributed by atoms with E-state index in [1.807, 2.05) is 6.08 Å². The van der Waals surface area contributed by atoms with Crippen LogP contribution in [0.3, 0.4) is 0 Å². The monoisotopic (exact) mass is 214 g/mol. The van der Waals surface area contributed by atoms with E-state index in [2.05, 4.69) is 34.7 Å². The average molecular weight is 215 g/mol. The molecule has 1 aliphatic carbocycles. The van der Waals surface area contributed by atoms with E-state index in [9.17, 15) is 0 Å². The van der Waals surface area contributed by atoms with Crippen LogP contribution in [-0.2, 0) is 0 Å². The van der Waals surface area contributed by atoms with E-state index in [0.717, 1.165) is 11.8 Å². The van der Waals surface area contributed by atoms with Crippen LogP contribution >= 0.6 is 15.9 Å². The van der Waals surface area contributed by atoms with Crippen molar-refractivity contribution in [2.75, 3.05) is 5.33 Å². The fraction of sp³-hybridized carbons (Fsp3) is 0.600. The van der Waals surface area contributed by atoms with E-state index in [4.69, 9.17) is 0 Å². The summed E-state index contributed by atoms with van der Waals surface area (Å²) in [5.74, 6) is 0. The van der Waals surface area contributed by atoms with E-state index in [1.165, 1.54) is 19.3 Å². The SMILES string of the molecule is C=CCCC1(CBr)CC=CC1. The average Bonchev–Trinajstić information content (AvgIpc) is 2.50. The Balaban J connectivity index is 2.41. The highest BCUT2D eigenvalue weighted by Gasteiger charge is 2.28. The van der Waals surface area contributed by atoms with Gasteiger partial charge in [0.1, 0.15) is 0 Å². The second-order valence-electron chi connectivity index (χ2n) is 3.34. The number of hydrogen-bond donors (Lipinski definition) is 0. The van der Waals surface area contributed by atoms with Crippen molar-refractivity contribution in [2.45, 2.75) is 25.7 Å². The van der Waals surface area contributed by atoms with Gasteiger partial charge in [-0.3, -0.25) is 0 Å². The molecule has 0 amide bonds. The van der Waals surface area contributed by atoms with Gasteiger partial charge >= 0.3 is 0 Å². The van der Waals surface area contributed by atoms with Gasteiger partial charge in [0, 0.05) is 5.33 Å². The molecule has 0 aromatic carbocycles. The maximum absolute atomic E-state index is 3.75. The summed E-state index contributed by atoms with van der Waals surface area (Å²) in [6, 6.07) is 0. The van der Waals surface area contributed by atoms with Crippen molar-refractivity contribution in [3.63, 3.8) is 0 Å². The second-order valence-corrected chi connectivity index (χ2v) is 3.90. The molecule has 1 rings (SSSR count). The Kier molecular flexibility index (Phi) is 3.38. The Morgan fingerprint density at radius 3 is 2.55 bits per heavy atom. The smallest absolute Gasteiger partial charge is 0.00940 e. The highest BCUT2D eigenvalue weighted by molar-refractivity contribution is 9.09. The van der Waals surface area contributed by atoms with Gasteiger partial charge in [-0.25, -0.2) is 0 Å². The Morgan fingerprint density at radius 1 is 1.45 bits per heavy atom. The molecule has 62 valence electrons. The Morgan fingerprint density at radius 2 is 2.09 bits per heavy atom. The van der Waals surface area contributed by atoms with E-state index in [1.54, 1.807) is 0 Å². The minimum atomic E-state index is 0.522. The number of hydrogen-bond acceptors (Lipinski definition) is 0. The molecule has 0 unspecified atom stereocenters. The summed E-state index contributed by atoms with van der Waals surface area (Å²) in [5.41, 5.74) is 0.522. The summed E-state index contributed by atoms with van der Waals surface area (Å²) < 4.78 is 0. The maximum atomic E-state index is 3.75. The molecular formula is C10H15Br. The highest BCUT2D eigenvalue weighted by Crippen LogP contribution is 2.39. The van der Waals surface area contributed by atoms with Crippen molar-refractivity contribution in [3.8, 4) is 0 Å². The zero-order chi connectivity index (χ0) is 8.16. The van der Waals surface area contributed by atoms with Crippen molar-refractivity contribution in [1.29, 1.82) is 0 Å². The molecule has 0 heterocycles. The van der Waals surface area contributed by atoms with Gasteiger partial charge in [-0.1, -0.05) is 34.2 Å². The molecular weight excluding hydrogens is 200 g/mol. The lowest BCUT2D eigenvalue weighted by Crippen LogP contribution is -2.17. The highest BCUT2D eigenvalue weighted by atomic mass is 79.9. The summed E-state index contributed by atoms with van der Waals surface area (Å²) in [5, 5.41) is 1.13. The second kappa shape index (κ2) is 4.10. The van der Waals surface area contributed by atoms with E-state index >= 15 is 0 Å². The molecule has 1 aliphatic rings. The molecule has 0 nitrogen and oxygen atoms in total. The van der Waals surface area contributed by atoms with Crippen molar-refractivity contribution in [1.82, 2.24) is 0 Å². The van der Waals surface area contributed by atoms with Crippen LogP contribution in [0, 0.1) is 5.41 Å². The molecule has 0 aromatic heterocycles. The Bertz CT molecular complexity index is 150. The molecule has 0 aliphatic heterocycles. The van der Waals surface area contributed by atoms with Gasteiger partial charge in [-0.2, -0.15) is 0 Å². The lowest BCUT2D eigenvalue weighted by molar-refractivity contribution is 0.337. The van der Waals surface area contributed by atoms with Crippen LogP contribution in [0.15, 0.2) is 24.8 Å².